The van der Waals surface area contributed by atoms with E-state index in [-0.39, 0.29) is 0 Å². The Labute approximate surface area is 103 Å². The van der Waals surface area contributed by atoms with Crippen LogP contribution in [-0.4, -0.2) is 37.7 Å². The predicted molar refractivity (Wildman–Crippen MR) is 66.8 cm³/mol. The van der Waals surface area contributed by atoms with Crippen LogP contribution in [0.25, 0.3) is 0 Å². The summed E-state index contributed by atoms with van der Waals surface area (Å²) in [5.41, 5.74) is 1.24. The number of rotatable bonds is 5. The molecule has 17 heavy (non-hydrogen) atoms. The van der Waals surface area contributed by atoms with Crippen molar-refractivity contribution in [1.82, 2.24) is 10.2 Å². The molecule has 0 saturated carbocycles. The Kier molecular flexibility index (Phi) is 4.20. The molecule has 0 radical (unpaired) electrons. The quantitative estimate of drug-likeness (QED) is 0.845. The van der Waals surface area contributed by atoms with Gasteiger partial charge < -0.3 is 14.5 Å². The molecule has 4 heteroatoms. The fourth-order valence-electron chi connectivity index (χ4n) is 2.50. The van der Waals surface area contributed by atoms with Crippen molar-refractivity contribution in [2.75, 3.05) is 20.7 Å². The van der Waals surface area contributed by atoms with E-state index in [1.54, 1.807) is 6.26 Å². The number of furan rings is 1. The van der Waals surface area contributed by atoms with E-state index in [1.807, 2.05) is 13.1 Å². The summed E-state index contributed by atoms with van der Waals surface area (Å²) in [7, 11) is 4.09. The Morgan fingerprint density at radius 2 is 2.35 bits per heavy atom. The van der Waals surface area contributed by atoms with Crippen LogP contribution < -0.4 is 5.32 Å². The Bertz CT molecular complexity index is 351. The fraction of sp³-hybridized carbons (Fsp3) is 0.692. The van der Waals surface area contributed by atoms with Gasteiger partial charge in [-0.15, -0.1) is 0 Å². The zero-order valence-corrected chi connectivity index (χ0v) is 10.9. The maximum atomic E-state index is 5.60. The van der Waals surface area contributed by atoms with Crippen LogP contribution in [0.15, 0.2) is 16.7 Å². The molecule has 4 nitrogen and oxygen atoms in total. The first kappa shape index (κ1) is 12.6. The van der Waals surface area contributed by atoms with Gasteiger partial charge in [0.2, 0.25) is 0 Å². The van der Waals surface area contributed by atoms with Gasteiger partial charge in [-0.05, 0) is 33.5 Å². The lowest BCUT2D eigenvalue weighted by molar-refractivity contribution is 0.0790. The van der Waals surface area contributed by atoms with Gasteiger partial charge in [-0.1, -0.05) is 0 Å². The molecule has 0 aromatic carbocycles. The van der Waals surface area contributed by atoms with E-state index in [0.717, 1.165) is 31.9 Å². The average Bonchev–Trinajstić information content (AvgIpc) is 2.89. The van der Waals surface area contributed by atoms with Gasteiger partial charge in [0.15, 0.2) is 0 Å². The summed E-state index contributed by atoms with van der Waals surface area (Å²) in [5, 5.41) is 3.16. The van der Waals surface area contributed by atoms with Gasteiger partial charge in [0.25, 0.3) is 0 Å². The molecule has 1 aliphatic rings. The van der Waals surface area contributed by atoms with Crippen molar-refractivity contribution in [1.29, 1.82) is 0 Å². The topological polar surface area (TPSA) is 37.6 Å². The minimum absolute atomic E-state index is 0.322. The number of ether oxygens (including phenoxy) is 1. The van der Waals surface area contributed by atoms with E-state index in [0.29, 0.717) is 12.1 Å². The van der Waals surface area contributed by atoms with Crippen LogP contribution in [0.4, 0.5) is 0 Å². The van der Waals surface area contributed by atoms with E-state index in [1.165, 1.54) is 5.56 Å². The standard InChI is InChI=1S/C13H22N2O2/c1-10-12(5-7-16-10)15(3)9-13-11(8-14-2)4-6-17-13/h4,6,10,12,14H,5,7-9H2,1-3H3. The van der Waals surface area contributed by atoms with E-state index in [9.17, 15) is 0 Å². The van der Waals surface area contributed by atoms with Gasteiger partial charge in [0.05, 0.1) is 18.9 Å². The lowest BCUT2D eigenvalue weighted by Gasteiger charge is -2.25. The summed E-state index contributed by atoms with van der Waals surface area (Å²) in [6, 6.07) is 2.54. The molecule has 1 aliphatic heterocycles. The van der Waals surface area contributed by atoms with Crippen molar-refractivity contribution in [2.24, 2.45) is 0 Å². The second kappa shape index (κ2) is 5.67. The van der Waals surface area contributed by atoms with Crippen LogP contribution in [0.5, 0.6) is 0 Å². The molecule has 1 N–H and O–H groups in total. The first-order chi connectivity index (χ1) is 8.22. The molecule has 0 aliphatic carbocycles. The molecule has 1 aromatic heterocycles. The molecular weight excluding hydrogens is 216 g/mol. The van der Waals surface area contributed by atoms with Gasteiger partial charge >= 0.3 is 0 Å². The molecule has 0 bridgehead atoms. The summed E-state index contributed by atoms with van der Waals surface area (Å²) in [5.74, 6) is 1.06. The first-order valence-electron chi connectivity index (χ1n) is 6.24. The largest absolute Gasteiger partial charge is 0.468 e. The van der Waals surface area contributed by atoms with E-state index >= 15 is 0 Å². The fourth-order valence-corrected chi connectivity index (χ4v) is 2.50. The minimum atomic E-state index is 0.322. The molecule has 2 heterocycles. The Morgan fingerprint density at radius 1 is 1.53 bits per heavy atom. The average molecular weight is 238 g/mol. The maximum absolute atomic E-state index is 5.60. The molecule has 96 valence electrons. The molecule has 1 saturated heterocycles. The molecule has 0 amide bonds. The van der Waals surface area contributed by atoms with Crippen LogP contribution in [0.1, 0.15) is 24.7 Å². The lowest BCUT2D eigenvalue weighted by Crippen LogP contribution is -2.36. The summed E-state index contributed by atoms with van der Waals surface area (Å²) in [6.07, 6.45) is 3.20. The maximum Gasteiger partial charge on any atom is 0.122 e. The molecule has 2 atom stereocenters. The van der Waals surface area contributed by atoms with Crippen LogP contribution in [-0.2, 0) is 17.8 Å². The highest BCUT2D eigenvalue weighted by Gasteiger charge is 2.28. The van der Waals surface area contributed by atoms with Gasteiger partial charge in [0.1, 0.15) is 5.76 Å². The third kappa shape index (κ3) is 2.89. The Morgan fingerprint density at radius 3 is 3.00 bits per heavy atom. The van der Waals surface area contributed by atoms with E-state index in [4.69, 9.17) is 9.15 Å². The summed E-state index contributed by atoms with van der Waals surface area (Å²) in [6.45, 7) is 4.72. The number of hydrogen-bond acceptors (Lipinski definition) is 4. The van der Waals surface area contributed by atoms with Crippen LogP contribution in [0.3, 0.4) is 0 Å². The van der Waals surface area contributed by atoms with Crippen molar-refractivity contribution in [3.05, 3.63) is 23.7 Å². The zero-order chi connectivity index (χ0) is 12.3. The van der Waals surface area contributed by atoms with Gasteiger partial charge in [0, 0.05) is 24.8 Å². The van der Waals surface area contributed by atoms with Crippen molar-refractivity contribution >= 4 is 0 Å². The SMILES string of the molecule is CNCc1ccoc1CN(C)C1CCOC1C. The molecule has 2 unspecified atom stereocenters. The highest BCUT2D eigenvalue weighted by Crippen LogP contribution is 2.21. The number of nitrogens with one attached hydrogen (secondary N) is 1. The van der Waals surface area contributed by atoms with Crippen LogP contribution >= 0.6 is 0 Å². The Balaban J connectivity index is 1.97. The second-order valence-corrected chi connectivity index (χ2v) is 4.75. The summed E-state index contributed by atoms with van der Waals surface area (Å²) < 4.78 is 11.2. The monoisotopic (exact) mass is 238 g/mol. The third-order valence-electron chi connectivity index (χ3n) is 3.50. The highest BCUT2D eigenvalue weighted by atomic mass is 16.5. The van der Waals surface area contributed by atoms with Gasteiger partial charge in [-0.3, -0.25) is 4.90 Å². The summed E-state index contributed by atoms with van der Waals surface area (Å²) in [4.78, 5) is 2.33. The van der Waals surface area contributed by atoms with Crippen molar-refractivity contribution < 1.29 is 9.15 Å². The molecule has 2 rings (SSSR count). The highest BCUT2D eigenvalue weighted by molar-refractivity contribution is 5.16. The summed E-state index contributed by atoms with van der Waals surface area (Å²) >= 11 is 0. The van der Waals surface area contributed by atoms with Gasteiger partial charge in [-0.2, -0.15) is 0 Å². The van der Waals surface area contributed by atoms with Gasteiger partial charge in [-0.25, -0.2) is 0 Å². The predicted octanol–water partition coefficient (Wildman–Crippen LogP) is 1.61. The van der Waals surface area contributed by atoms with Crippen LogP contribution in [0, 0.1) is 0 Å². The minimum Gasteiger partial charge on any atom is -0.468 e. The molecule has 1 fully saturated rings. The van der Waals surface area contributed by atoms with Crippen molar-refractivity contribution in [3.63, 3.8) is 0 Å². The number of nitrogens with zero attached hydrogens (tertiary/aromatic N) is 1. The van der Waals surface area contributed by atoms with E-state index < -0.39 is 0 Å². The zero-order valence-electron chi connectivity index (χ0n) is 10.9. The van der Waals surface area contributed by atoms with Crippen LogP contribution in [0.2, 0.25) is 0 Å². The van der Waals surface area contributed by atoms with Crippen molar-refractivity contribution in [3.8, 4) is 0 Å². The first-order valence-corrected chi connectivity index (χ1v) is 6.24. The number of hydrogen-bond donors (Lipinski definition) is 1. The molecule has 0 spiro atoms. The molecular formula is C13H22N2O2. The smallest absolute Gasteiger partial charge is 0.122 e. The number of likely N-dealkylation sites (N-methyl/N-ethyl adjacent to an activating group) is 1. The second-order valence-electron chi connectivity index (χ2n) is 4.75. The lowest BCUT2D eigenvalue weighted by atomic mass is 10.1. The van der Waals surface area contributed by atoms with E-state index in [2.05, 4.69) is 24.2 Å². The normalized spacial score (nSPS) is 24.7. The third-order valence-corrected chi connectivity index (χ3v) is 3.50. The van der Waals surface area contributed by atoms with Crippen molar-refractivity contribution in [2.45, 2.75) is 38.6 Å². The molecule has 1 aromatic rings. The Hall–Kier alpha value is -0.840.